The van der Waals surface area contributed by atoms with Gasteiger partial charge in [-0.15, -0.1) is 5.10 Å². The number of pyridine rings is 1. The van der Waals surface area contributed by atoms with Gasteiger partial charge in [-0.1, -0.05) is 46.6 Å². The van der Waals surface area contributed by atoms with Gasteiger partial charge in [0.1, 0.15) is 17.0 Å². The SMILES string of the molecule is COC1=C(c2cc(Cl)cc(Cl)c2)C(=O)N2C[C@@H](n3cc(-c4ccccn4)nn3)CC12Cc1ccc(C#N)cc1. The largest absolute Gasteiger partial charge is 0.498 e. The Morgan fingerprint density at radius 3 is 2.54 bits per heavy atom. The fourth-order valence-corrected chi connectivity index (χ4v) is 6.22. The second-order valence-electron chi connectivity index (χ2n) is 9.66. The Hall–Kier alpha value is -4.19. The van der Waals surface area contributed by atoms with Gasteiger partial charge in [0.2, 0.25) is 0 Å². The molecule has 2 aliphatic heterocycles. The number of benzene rings is 2. The molecule has 4 heterocycles. The first-order valence-electron chi connectivity index (χ1n) is 12.3. The average molecular weight is 557 g/mol. The van der Waals surface area contributed by atoms with Crippen LogP contribution >= 0.6 is 23.2 Å². The summed E-state index contributed by atoms with van der Waals surface area (Å²) in [5, 5.41) is 18.9. The number of aromatic nitrogens is 4. The summed E-state index contributed by atoms with van der Waals surface area (Å²) in [6, 6.07) is 20.1. The Balaban J connectivity index is 1.44. The molecule has 0 radical (unpaired) electrons. The van der Waals surface area contributed by atoms with E-state index in [2.05, 4.69) is 21.4 Å². The zero-order valence-electron chi connectivity index (χ0n) is 20.9. The summed E-state index contributed by atoms with van der Waals surface area (Å²) in [5.74, 6) is 0.397. The summed E-state index contributed by atoms with van der Waals surface area (Å²) in [7, 11) is 1.58. The Labute approximate surface area is 235 Å². The van der Waals surface area contributed by atoms with Crippen molar-refractivity contribution in [3.63, 3.8) is 0 Å². The summed E-state index contributed by atoms with van der Waals surface area (Å²) < 4.78 is 7.85. The van der Waals surface area contributed by atoms with Crippen molar-refractivity contribution in [3.05, 3.63) is 106 Å². The van der Waals surface area contributed by atoms with E-state index in [0.717, 1.165) is 11.3 Å². The van der Waals surface area contributed by atoms with E-state index < -0.39 is 5.54 Å². The minimum Gasteiger partial charge on any atom is -0.498 e. The smallest absolute Gasteiger partial charge is 0.258 e. The van der Waals surface area contributed by atoms with Crippen LogP contribution in [0.25, 0.3) is 17.0 Å². The molecule has 6 rings (SSSR count). The number of nitriles is 1. The Bertz CT molecular complexity index is 1620. The van der Waals surface area contributed by atoms with E-state index in [1.165, 1.54) is 0 Å². The highest BCUT2D eigenvalue weighted by Gasteiger charge is 2.59. The van der Waals surface area contributed by atoms with Crippen molar-refractivity contribution in [3.8, 4) is 17.5 Å². The number of hydrogen-bond acceptors (Lipinski definition) is 6. The van der Waals surface area contributed by atoms with E-state index in [1.54, 1.807) is 48.3 Å². The van der Waals surface area contributed by atoms with E-state index in [0.29, 0.717) is 57.6 Å². The summed E-state index contributed by atoms with van der Waals surface area (Å²) in [6.45, 7) is 0.408. The summed E-state index contributed by atoms with van der Waals surface area (Å²) in [6.07, 6.45) is 4.61. The lowest BCUT2D eigenvalue weighted by Crippen LogP contribution is -2.45. The molecule has 0 N–H and O–H groups in total. The Morgan fingerprint density at radius 2 is 1.87 bits per heavy atom. The highest BCUT2D eigenvalue weighted by atomic mass is 35.5. The van der Waals surface area contributed by atoms with Gasteiger partial charge in [-0.25, -0.2) is 4.68 Å². The third-order valence-electron chi connectivity index (χ3n) is 7.34. The molecule has 2 atom stereocenters. The van der Waals surface area contributed by atoms with Crippen molar-refractivity contribution in [2.45, 2.75) is 24.4 Å². The average Bonchev–Trinajstić information content (AvgIpc) is 3.62. The number of hydrogen-bond donors (Lipinski definition) is 0. The van der Waals surface area contributed by atoms with Gasteiger partial charge in [0.15, 0.2) is 0 Å². The molecule has 39 heavy (non-hydrogen) atoms. The zero-order chi connectivity index (χ0) is 27.1. The van der Waals surface area contributed by atoms with E-state index >= 15 is 0 Å². The van der Waals surface area contributed by atoms with Gasteiger partial charge in [-0.2, -0.15) is 5.26 Å². The maximum absolute atomic E-state index is 14.1. The first-order chi connectivity index (χ1) is 18.9. The first kappa shape index (κ1) is 25.1. The number of amides is 1. The Kier molecular flexibility index (Phi) is 6.34. The molecule has 0 aliphatic carbocycles. The zero-order valence-corrected chi connectivity index (χ0v) is 22.4. The van der Waals surface area contributed by atoms with Crippen LogP contribution in [0.3, 0.4) is 0 Å². The first-order valence-corrected chi connectivity index (χ1v) is 13.1. The van der Waals surface area contributed by atoms with Crippen molar-refractivity contribution < 1.29 is 9.53 Å². The third kappa shape index (κ3) is 4.34. The number of rotatable bonds is 6. The van der Waals surface area contributed by atoms with Gasteiger partial charge in [-0.05, 0) is 53.6 Å². The van der Waals surface area contributed by atoms with Gasteiger partial charge >= 0.3 is 0 Å². The molecule has 194 valence electrons. The second kappa shape index (κ2) is 9.84. The number of halogens is 2. The standard InChI is InChI=1S/C29H22Cl2N6O2/c1-39-27-26(20-10-21(30)12-22(31)11-20)28(38)36-16-23(37-17-25(34-35-37)24-4-2-3-9-33-24)14-29(27,36)13-18-5-7-19(15-32)8-6-18/h2-12,17,23H,13-14,16H2,1H3/t23-,29?/m0/s1. The molecule has 1 saturated heterocycles. The highest BCUT2D eigenvalue weighted by molar-refractivity contribution is 6.35. The van der Waals surface area contributed by atoms with Crippen LogP contribution in [0.1, 0.15) is 29.2 Å². The van der Waals surface area contributed by atoms with E-state index in [-0.39, 0.29) is 11.9 Å². The molecule has 1 unspecified atom stereocenters. The third-order valence-corrected chi connectivity index (χ3v) is 7.78. The van der Waals surface area contributed by atoms with Gasteiger partial charge in [0.05, 0.1) is 42.2 Å². The van der Waals surface area contributed by atoms with Crippen molar-refractivity contribution in [1.82, 2.24) is 24.9 Å². The van der Waals surface area contributed by atoms with E-state index in [1.807, 2.05) is 41.4 Å². The lowest BCUT2D eigenvalue weighted by Gasteiger charge is -2.34. The molecule has 0 bridgehead atoms. The fraction of sp³-hybridized carbons (Fsp3) is 0.207. The maximum atomic E-state index is 14.1. The molecule has 4 aromatic rings. The van der Waals surface area contributed by atoms with Gasteiger partial charge in [0.25, 0.3) is 5.91 Å². The predicted molar refractivity (Wildman–Crippen MR) is 147 cm³/mol. The summed E-state index contributed by atoms with van der Waals surface area (Å²) in [4.78, 5) is 20.3. The number of fused-ring (bicyclic) bond motifs is 1. The van der Waals surface area contributed by atoms with Crippen molar-refractivity contribution >= 4 is 34.7 Å². The normalized spacial score (nSPS) is 20.3. The van der Waals surface area contributed by atoms with Crippen molar-refractivity contribution in [2.75, 3.05) is 13.7 Å². The fourth-order valence-electron chi connectivity index (χ4n) is 5.70. The quantitative estimate of drug-likeness (QED) is 0.317. The van der Waals surface area contributed by atoms with Crippen LogP contribution in [0.5, 0.6) is 0 Å². The lowest BCUT2D eigenvalue weighted by atomic mass is 9.85. The number of carbonyl (C=O) groups is 1. The number of methoxy groups -OCH3 is 1. The predicted octanol–water partition coefficient (Wildman–Crippen LogP) is 5.34. The molecule has 0 spiro atoms. The highest BCUT2D eigenvalue weighted by Crippen LogP contribution is 2.52. The molecule has 1 fully saturated rings. The van der Waals surface area contributed by atoms with Crippen LogP contribution in [0.15, 0.2) is 78.8 Å². The molecular weight excluding hydrogens is 535 g/mol. The van der Waals surface area contributed by atoms with Crippen LogP contribution in [0, 0.1) is 11.3 Å². The molecule has 2 aromatic heterocycles. The summed E-state index contributed by atoms with van der Waals surface area (Å²) >= 11 is 12.6. The Morgan fingerprint density at radius 1 is 1.10 bits per heavy atom. The van der Waals surface area contributed by atoms with E-state index in [9.17, 15) is 10.1 Å². The van der Waals surface area contributed by atoms with Gasteiger partial charge < -0.3 is 9.64 Å². The molecule has 0 saturated carbocycles. The minimum atomic E-state index is -0.786. The summed E-state index contributed by atoms with van der Waals surface area (Å²) in [5.41, 5.74) is 3.20. The van der Waals surface area contributed by atoms with Crippen molar-refractivity contribution in [1.29, 1.82) is 5.26 Å². The van der Waals surface area contributed by atoms with Crippen LogP contribution in [-0.4, -0.2) is 50.0 Å². The number of nitrogens with zero attached hydrogens (tertiary/aromatic N) is 6. The van der Waals surface area contributed by atoms with Gasteiger partial charge in [0, 0.05) is 35.6 Å². The van der Waals surface area contributed by atoms with E-state index in [4.69, 9.17) is 27.9 Å². The minimum absolute atomic E-state index is 0.146. The number of ether oxygens (including phenoxy) is 1. The van der Waals surface area contributed by atoms with Crippen LogP contribution in [-0.2, 0) is 16.0 Å². The molecule has 2 aliphatic rings. The van der Waals surface area contributed by atoms with Gasteiger partial charge in [-0.3, -0.25) is 9.78 Å². The monoisotopic (exact) mass is 556 g/mol. The van der Waals surface area contributed by atoms with Crippen LogP contribution in [0.2, 0.25) is 10.0 Å². The molecule has 8 nitrogen and oxygen atoms in total. The maximum Gasteiger partial charge on any atom is 0.258 e. The second-order valence-corrected chi connectivity index (χ2v) is 10.5. The molecule has 1 amide bonds. The van der Waals surface area contributed by atoms with Crippen LogP contribution in [0.4, 0.5) is 0 Å². The number of carbonyl (C=O) groups excluding carboxylic acids is 1. The van der Waals surface area contributed by atoms with Crippen molar-refractivity contribution in [2.24, 2.45) is 0 Å². The lowest BCUT2D eigenvalue weighted by molar-refractivity contribution is -0.126. The topological polar surface area (TPSA) is 96.9 Å². The molecular formula is C29H22Cl2N6O2. The molecule has 2 aromatic carbocycles. The molecule has 10 heteroatoms. The van der Waals surface area contributed by atoms with Crippen LogP contribution < -0.4 is 0 Å².